The molecule has 1 aromatic heterocycles. The molecule has 1 unspecified atom stereocenters. The molecule has 1 atom stereocenters. The van der Waals surface area contributed by atoms with Gasteiger partial charge in [0, 0.05) is 13.5 Å². The van der Waals surface area contributed by atoms with Crippen molar-refractivity contribution in [3.05, 3.63) is 12.2 Å². The van der Waals surface area contributed by atoms with Gasteiger partial charge in [-0.25, -0.2) is 9.78 Å². The predicted molar refractivity (Wildman–Crippen MR) is 45.3 cm³/mol. The molecule has 0 aliphatic carbocycles. The van der Waals surface area contributed by atoms with Crippen molar-refractivity contribution in [1.82, 2.24) is 20.1 Å². The van der Waals surface area contributed by atoms with Crippen LogP contribution in [0.4, 0.5) is 0 Å². The second kappa shape index (κ2) is 4.35. The average Bonchev–Trinajstić information content (AvgIpc) is 2.51. The molecule has 0 aliphatic heterocycles. The number of carboxylic acid groups (broad SMARTS) is 1. The fourth-order valence-electron chi connectivity index (χ4n) is 0.987. The minimum absolute atomic E-state index is 0.116. The van der Waals surface area contributed by atoms with Gasteiger partial charge in [0.2, 0.25) is 6.41 Å². The molecule has 0 aliphatic rings. The Kier molecular flexibility index (Phi) is 3.16. The average molecular weight is 198 g/mol. The van der Waals surface area contributed by atoms with Crippen LogP contribution in [0.3, 0.4) is 0 Å². The van der Waals surface area contributed by atoms with E-state index in [9.17, 15) is 9.59 Å². The zero-order chi connectivity index (χ0) is 10.6. The number of hydrogen-bond acceptors (Lipinski definition) is 4. The van der Waals surface area contributed by atoms with Gasteiger partial charge in [0.15, 0.2) is 0 Å². The molecule has 1 rings (SSSR count). The topological polar surface area (TPSA) is 97.1 Å². The third kappa shape index (κ3) is 2.28. The van der Waals surface area contributed by atoms with Crippen molar-refractivity contribution >= 4 is 12.4 Å². The van der Waals surface area contributed by atoms with Gasteiger partial charge in [-0.3, -0.25) is 9.48 Å². The normalized spacial score (nSPS) is 12.1. The fourth-order valence-corrected chi connectivity index (χ4v) is 0.987. The van der Waals surface area contributed by atoms with Crippen molar-refractivity contribution in [1.29, 1.82) is 0 Å². The molecule has 0 bridgehead atoms. The highest BCUT2D eigenvalue weighted by molar-refractivity contribution is 5.76. The first-order valence-electron chi connectivity index (χ1n) is 3.90. The van der Waals surface area contributed by atoms with E-state index in [0.717, 1.165) is 0 Å². The van der Waals surface area contributed by atoms with E-state index in [1.54, 1.807) is 7.05 Å². The van der Waals surface area contributed by atoms with E-state index < -0.39 is 12.0 Å². The first-order valence-corrected chi connectivity index (χ1v) is 3.90. The molecule has 1 amide bonds. The number of amides is 1. The Balaban J connectivity index is 2.69. The number of aliphatic carboxylic acids is 1. The van der Waals surface area contributed by atoms with Crippen LogP contribution in [0.1, 0.15) is 5.82 Å². The van der Waals surface area contributed by atoms with Gasteiger partial charge < -0.3 is 10.4 Å². The molecule has 1 aromatic rings. The van der Waals surface area contributed by atoms with E-state index in [-0.39, 0.29) is 6.42 Å². The second-order valence-corrected chi connectivity index (χ2v) is 2.68. The van der Waals surface area contributed by atoms with Crippen LogP contribution in [-0.2, 0) is 23.1 Å². The molecule has 2 N–H and O–H groups in total. The van der Waals surface area contributed by atoms with Crippen molar-refractivity contribution in [2.24, 2.45) is 7.05 Å². The lowest BCUT2D eigenvalue weighted by atomic mass is 10.2. The van der Waals surface area contributed by atoms with E-state index in [0.29, 0.717) is 12.2 Å². The zero-order valence-corrected chi connectivity index (χ0v) is 7.54. The minimum Gasteiger partial charge on any atom is -0.480 e. The summed E-state index contributed by atoms with van der Waals surface area (Å²) in [7, 11) is 1.65. The lowest BCUT2D eigenvalue weighted by molar-refractivity contribution is -0.140. The van der Waals surface area contributed by atoms with Gasteiger partial charge in [0.25, 0.3) is 0 Å². The molecule has 0 radical (unpaired) electrons. The summed E-state index contributed by atoms with van der Waals surface area (Å²) in [4.78, 5) is 24.6. The molecule has 0 saturated heterocycles. The smallest absolute Gasteiger partial charge is 0.326 e. The third-order valence-electron chi connectivity index (χ3n) is 1.76. The molecule has 7 heteroatoms. The van der Waals surface area contributed by atoms with E-state index >= 15 is 0 Å². The zero-order valence-electron chi connectivity index (χ0n) is 7.54. The number of nitrogens with zero attached hydrogens (tertiary/aromatic N) is 3. The molecule has 7 nitrogen and oxygen atoms in total. The summed E-state index contributed by atoms with van der Waals surface area (Å²) in [6, 6.07) is -0.963. The molecule has 0 fully saturated rings. The van der Waals surface area contributed by atoms with Crippen LogP contribution in [-0.4, -0.2) is 38.3 Å². The fraction of sp³-hybridized carbons (Fsp3) is 0.429. The number of carboxylic acids is 1. The van der Waals surface area contributed by atoms with E-state index in [1.807, 2.05) is 0 Å². The lowest BCUT2D eigenvalue weighted by Crippen LogP contribution is -2.38. The summed E-state index contributed by atoms with van der Waals surface area (Å²) in [5.74, 6) is -0.591. The van der Waals surface area contributed by atoms with Crippen LogP contribution < -0.4 is 5.32 Å². The summed E-state index contributed by atoms with van der Waals surface area (Å²) < 4.78 is 1.46. The number of rotatable bonds is 5. The molecule has 0 saturated carbocycles. The monoisotopic (exact) mass is 198 g/mol. The predicted octanol–water partition coefficient (Wildman–Crippen LogP) is -1.44. The molecule has 0 spiro atoms. The summed E-state index contributed by atoms with van der Waals surface area (Å²) in [6.45, 7) is 0. The SMILES string of the molecule is Cn1ncnc1CC(NC=O)C(=O)O. The maximum Gasteiger partial charge on any atom is 0.326 e. The summed E-state index contributed by atoms with van der Waals surface area (Å²) in [6.07, 6.45) is 1.80. The standard InChI is InChI=1S/C7H10N4O3/c1-11-6(8-3-10-11)2-5(7(13)14)9-4-12/h3-5H,2H2,1H3,(H,9,12)(H,13,14). The van der Waals surface area contributed by atoms with Crippen LogP contribution in [0.2, 0.25) is 0 Å². The lowest BCUT2D eigenvalue weighted by Gasteiger charge is -2.09. The summed E-state index contributed by atoms with van der Waals surface area (Å²) in [5, 5.41) is 14.7. The van der Waals surface area contributed by atoms with Crippen molar-refractivity contribution < 1.29 is 14.7 Å². The number of aryl methyl sites for hydroxylation is 1. The van der Waals surface area contributed by atoms with E-state index in [2.05, 4.69) is 15.4 Å². The van der Waals surface area contributed by atoms with E-state index in [4.69, 9.17) is 5.11 Å². The van der Waals surface area contributed by atoms with Crippen LogP contribution >= 0.6 is 0 Å². The highest BCUT2D eigenvalue weighted by Crippen LogP contribution is 1.97. The Hall–Kier alpha value is -1.92. The van der Waals surface area contributed by atoms with Gasteiger partial charge in [0.05, 0.1) is 0 Å². The van der Waals surface area contributed by atoms with E-state index in [1.165, 1.54) is 11.0 Å². The Morgan fingerprint density at radius 2 is 2.57 bits per heavy atom. The number of carbonyl (C=O) groups excluding carboxylic acids is 1. The molecular formula is C7H10N4O3. The Morgan fingerprint density at radius 1 is 1.86 bits per heavy atom. The number of nitrogens with one attached hydrogen (secondary N) is 1. The summed E-state index contributed by atoms with van der Waals surface area (Å²) in [5.41, 5.74) is 0. The second-order valence-electron chi connectivity index (χ2n) is 2.68. The highest BCUT2D eigenvalue weighted by atomic mass is 16.4. The molecule has 14 heavy (non-hydrogen) atoms. The van der Waals surface area contributed by atoms with Crippen molar-refractivity contribution in [2.75, 3.05) is 0 Å². The maximum atomic E-state index is 10.6. The maximum absolute atomic E-state index is 10.6. The van der Waals surface area contributed by atoms with Gasteiger partial charge in [-0.1, -0.05) is 0 Å². The molecule has 76 valence electrons. The van der Waals surface area contributed by atoms with Crippen LogP contribution in [0.15, 0.2) is 6.33 Å². The van der Waals surface area contributed by atoms with Gasteiger partial charge in [0.1, 0.15) is 18.2 Å². The quantitative estimate of drug-likeness (QED) is 0.564. The Labute approximate surface area is 79.8 Å². The van der Waals surface area contributed by atoms with Crippen molar-refractivity contribution in [2.45, 2.75) is 12.5 Å². The summed E-state index contributed by atoms with van der Waals surface area (Å²) >= 11 is 0. The third-order valence-corrected chi connectivity index (χ3v) is 1.76. The van der Waals surface area contributed by atoms with Crippen LogP contribution in [0, 0.1) is 0 Å². The Morgan fingerprint density at radius 3 is 3.00 bits per heavy atom. The van der Waals surface area contributed by atoms with Crippen LogP contribution in [0.25, 0.3) is 0 Å². The van der Waals surface area contributed by atoms with Crippen LogP contribution in [0.5, 0.6) is 0 Å². The molecule has 1 heterocycles. The highest BCUT2D eigenvalue weighted by Gasteiger charge is 2.18. The number of aromatic nitrogens is 3. The molecular weight excluding hydrogens is 188 g/mol. The van der Waals surface area contributed by atoms with Gasteiger partial charge in [-0.2, -0.15) is 5.10 Å². The Bertz CT molecular complexity index is 335. The minimum atomic E-state index is -1.10. The van der Waals surface area contributed by atoms with Gasteiger partial charge in [-0.15, -0.1) is 0 Å². The largest absolute Gasteiger partial charge is 0.480 e. The van der Waals surface area contributed by atoms with Crippen molar-refractivity contribution in [3.8, 4) is 0 Å². The first kappa shape index (κ1) is 10.2. The number of hydrogen-bond donors (Lipinski definition) is 2. The van der Waals surface area contributed by atoms with Gasteiger partial charge >= 0.3 is 5.97 Å². The molecule has 0 aromatic carbocycles. The first-order chi connectivity index (χ1) is 6.65. The van der Waals surface area contributed by atoms with Gasteiger partial charge in [-0.05, 0) is 0 Å². The van der Waals surface area contributed by atoms with Crippen molar-refractivity contribution in [3.63, 3.8) is 0 Å². The number of carbonyl (C=O) groups is 2.